The number of methoxy groups -OCH3 is 1. The third-order valence-corrected chi connectivity index (χ3v) is 2.92. The van der Waals surface area contributed by atoms with Crippen LogP contribution in [-0.4, -0.2) is 19.9 Å². The van der Waals surface area contributed by atoms with Crippen molar-refractivity contribution in [2.45, 2.75) is 0 Å². The van der Waals surface area contributed by atoms with E-state index >= 15 is 0 Å². The molecule has 0 amide bonds. The van der Waals surface area contributed by atoms with Crippen molar-refractivity contribution in [1.29, 1.82) is 0 Å². The second-order valence-electron chi connectivity index (χ2n) is 3.86. The summed E-state index contributed by atoms with van der Waals surface area (Å²) in [7, 11) is 3.16. The minimum Gasteiger partial charge on any atom is -0.497 e. The van der Waals surface area contributed by atoms with Gasteiger partial charge in [0.05, 0.1) is 7.11 Å². The quantitative estimate of drug-likeness (QED) is 0.628. The van der Waals surface area contributed by atoms with Crippen molar-refractivity contribution < 1.29 is 9.57 Å². The lowest BCUT2D eigenvalue weighted by molar-refractivity contribution is 0.214. The van der Waals surface area contributed by atoms with Crippen LogP contribution < -0.4 is 4.74 Å². The van der Waals surface area contributed by atoms with Gasteiger partial charge < -0.3 is 9.57 Å². The van der Waals surface area contributed by atoms with E-state index in [0.29, 0.717) is 5.02 Å². The molecule has 0 heterocycles. The van der Waals surface area contributed by atoms with Crippen molar-refractivity contribution >= 4 is 17.3 Å². The van der Waals surface area contributed by atoms with Gasteiger partial charge in [0.1, 0.15) is 18.6 Å². The summed E-state index contributed by atoms with van der Waals surface area (Å²) in [4.78, 5) is 4.92. The first-order valence-electron chi connectivity index (χ1n) is 5.76. The fraction of sp³-hybridized carbons (Fsp3) is 0.133. The van der Waals surface area contributed by atoms with Gasteiger partial charge in [0.2, 0.25) is 0 Å². The molecule has 0 radical (unpaired) electrons. The van der Waals surface area contributed by atoms with Gasteiger partial charge in [-0.15, -0.1) is 0 Å². The molecule has 4 heteroatoms. The van der Waals surface area contributed by atoms with E-state index in [1.54, 1.807) is 7.11 Å². The van der Waals surface area contributed by atoms with Crippen LogP contribution >= 0.6 is 11.6 Å². The molecule has 0 saturated carbocycles. The lowest BCUT2D eigenvalue weighted by Crippen LogP contribution is -2.03. The van der Waals surface area contributed by atoms with Crippen molar-refractivity contribution in [3.05, 3.63) is 64.7 Å². The van der Waals surface area contributed by atoms with Crippen LogP contribution in [0.2, 0.25) is 5.02 Å². The molecule has 0 atom stereocenters. The van der Waals surface area contributed by atoms with Gasteiger partial charge in [-0.3, -0.25) is 0 Å². The van der Waals surface area contributed by atoms with Crippen LogP contribution in [0.25, 0.3) is 0 Å². The topological polar surface area (TPSA) is 30.8 Å². The van der Waals surface area contributed by atoms with Crippen LogP contribution in [0.5, 0.6) is 5.75 Å². The van der Waals surface area contributed by atoms with E-state index in [0.717, 1.165) is 22.6 Å². The number of halogens is 1. The number of hydrogen-bond acceptors (Lipinski definition) is 3. The second-order valence-corrected chi connectivity index (χ2v) is 4.29. The fourth-order valence-electron chi connectivity index (χ4n) is 1.72. The highest BCUT2D eigenvalue weighted by Crippen LogP contribution is 2.17. The highest BCUT2D eigenvalue weighted by atomic mass is 35.5. The zero-order valence-electron chi connectivity index (χ0n) is 10.8. The SMILES string of the molecule is CO/N=C(\c1ccc(Cl)cc1)c1ccc(OC)cc1. The molecule has 0 fully saturated rings. The molecule has 98 valence electrons. The maximum Gasteiger partial charge on any atom is 0.118 e. The number of ether oxygens (including phenoxy) is 1. The molecular formula is C15H14ClNO2. The molecule has 0 bridgehead atoms. The van der Waals surface area contributed by atoms with Gasteiger partial charge in [-0.1, -0.05) is 28.9 Å². The van der Waals surface area contributed by atoms with Gasteiger partial charge in [0.15, 0.2) is 0 Å². The molecule has 19 heavy (non-hydrogen) atoms. The lowest BCUT2D eigenvalue weighted by Gasteiger charge is -2.07. The molecule has 0 saturated heterocycles. The van der Waals surface area contributed by atoms with Crippen molar-refractivity contribution in [3.8, 4) is 5.75 Å². The van der Waals surface area contributed by atoms with Crippen LogP contribution in [0.1, 0.15) is 11.1 Å². The van der Waals surface area contributed by atoms with Crippen molar-refractivity contribution in [2.75, 3.05) is 14.2 Å². The fourth-order valence-corrected chi connectivity index (χ4v) is 1.85. The molecule has 0 aliphatic heterocycles. The Morgan fingerprint density at radius 1 is 0.895 bits per heavy atom. The van der Waals surface area contributed by atoms with Crippen LogP contribution in [0.4, 0.5) is 0 Å². The first-order valence-corrected chi connectivity index (χ1v) is 6.14. The van der Waals surface area contributed by atoms with Gasteiger partial charge in [-0.25, -0.2) is 0 Å². The summed E-state index contributed by atoms with van der Waals surface area (Å²) in [6.45, 7) is 0. The number of benzene rings is 2. The molecular weight excluding hydrogens is 262 g/mol. The Hall–Kier alpha value is -2.00. The zero-order valence-corrected chi connectivity index (χ0v) is 11.5. The van der Waals surface area contributed by atoms with E-state index in [1.807, 2.05) is 48.5 Å². The average Bonchev–Trinajstić information content (AvgIpc) is 2.46. The molecule has 3 nitrogen and oxygen atoms in total. The minimum atomic E-state index is 0.690. The van der Waals surface area contributed by atoms with E-state index in [1.165, 1.54) is 7.11 Å². The van der Waals surface area contributed by atoms with Gasteiger partial charge in [0, 0.05) is 16.1 Å². The van der Waals surface area contributed by atoms with E-state index in [2.05, 4.69) is 5.16 Å². The number of hydrogen-bond donors (Lipinski definition) is 0. The van der Waals surface area contributed by atoms with Crippen LogP contribution in [0.15, 0.2) is 53.7 Å². The molecule has 0 N–H and O–H groups in total. The molecule has 2 aromatic rings. The van der Waals surface area contributed by atoms with Crippen molar-refractivity contribution in [3.63, 3.8) is 0 Å². The van der Waals surface area contributed by atoms with E-state index in [4.69, 9.17) is 21.2 Å². The smallest absolute Gasteiger partial charge is 0.118 e. The molecule has 0 aromatic heterocycles. The Morgan fingerprint density at radius 2 is 1.42 bits per heavy atom. The van der Waals surface area contributed by atoms with Crippen molar-refractivity contribution in [1.82, 2.24) is 0 Å². The largest absolute Gasteiger partial charge is 0.497 e. The Labute approximate surface area is 117 Å². The van der Waals surface area contributed by atoms with Gasteiger partial charge in [0.25, 0.3) is 0 Å². The first kappa shape index (κ1) is 13.4. The van der Waals surface area contributed by atoms with Gasteiger partial charge in [-0.05, 0) is 36.4 Å². The molecule has 0 aliphatic carbocycles. The third kappa shape index (κ3) is 3.26. The predicted octanol–water partition coefficient (Wildman–Crippen LogP) is 3.75. The summed E-state index contributed by atoms with van der Waals surface area (Å²) < 4.78 is 5.14. The zero-order chi connectivity index (χ0) is 13.7. The van der Waals surface area contributed by atoms with Gasteiger partial charge in [-0.2, -0.15) is 0 Å². The lowest BCUT2D eigenvalue weighted by atomic mass is 10.0. The summed E-state index contributed by atoms with van der Waals surface area (Å²) in [6, 6.07) is 15.1. The summed E-state index contributed by atoms with van der Waals surface area (Å²) in [5.74, 6) is 0.802. The monoisotopic (exact) mass is 275 g/mol. The summed E-state index contributed by atoms with van der Waals surface area (Å²) in [5.41, 5.74) is 2.64. The summed E-state index contributed by atoms with van der Waals surface area (Å²) >= 11 is 5.89. The Balaban J connectivity index is 2.39. The Morgan fingerprint density at radius 3 is 1.89 bits per heavy atom. The standard InChI is InChI=1S/C15H14ClNO2/c1-18-14-9-5-12(6-10-14)15(17-19-2)11-3-7-13(16)8-4-11/h3-10H,1-2H3/b17-15+. The van der Waals surface area contributed by atoms with E-state index in [9.17, 15) is 0 Å². The Bertz CT molecular complexity index is 562. The molecule has 0 aliphatic rings. The molecule has 0 unspecified atom stereocenters. The van der Waals surface area contributed by atoms with Crippen molar-refractivity contribution in [2.24, 2.45) is 5.16 Å². The summed E-state index contributed by atoms with van der Waals surface area (Å²) in [6.07, 6.45) is 0. The average molecular weight is 276 g/mol. The van der Waals surface area contributed by atoms with E-state index < -0.39 is 0 Å². The van der Waals surface area contributed by atoms with Crippen LogP contribution in [0, 0.1) is 0 Å². The highest BCUT2D eigenvalue weighted by molar-refractivity contribution is 6.30. The molecule has 0 spiro atoms. The third-order valence-electron chi connectivity index (χ3n) is 2.66. The maximum atomic E-state index is 5.89. The summed E-state index contributed by atoms with van der Waals surface area (Å²) in [5, 5.41) is 4.77. The number of nitrogens with zero attached hydrogens (tertiary/aromatic N) is 1. The van der Waals surface area contributed by atoms with Crippen LogP contribution in [0.3, 0.4) is 0 Å². The highest BCUT2D eigenvalue weighted by Gasteiger charge is 2.08. The second kappa shape index (κ2) is 6.25. The normalized spacial score (nSPS) is 11.2. The molecule has 2 rings (SSSR count). The molecule has 2 aromatic carbocycles. The Kier molecular flexibility index (Phi) is 4.42. The maximum absolute atomic E-state index is 5.89. The first-order chi connectivity index (χ1) is 9.24. The van der Waals surface area contributed by atoms with Crippen LogP contribution in [-0.2, 0) is 4.84 Å². The predicted molar refractivity (Wildman–Crippen MR) is 77.1 cm³/mol. The van der Waals surface area contributed by atoms with E-state index in [-0.39, 0.29) is 0 Å². The number of rotatable bonds is 4. The van der Waals surface area contributed by atoms with Gasteiger partial charge >= 0.3 is 0 Å². The minimum absolute atomic E-state index is 0.690. The number of oxime groups is 1.